The van der Waals surface area contributed by atoms with E-state index >= 15 is 0 Å². The second-order valence-corrected chi connectivity index (χ2v) is 8.34. The van der Waals surface area contributed by atoms with Crippen molar-refractivity contribution in [2.45, 2.75) is 32.5 Å². The summed E-state index contributed by atoms with van der Waals surface area (Å²) >= 11 is 0. The van der Waals surface area contributed by atoms with Gasteiger partial charge in [0, 0.05) is 6.20 Å². The van der Waals surface area contributed by atoms with Crippen LogP contribution in [0.25, 0.3) is 0 Å². The van der Waals surface area contributed by atoms with Crippen LogP contribution in [0.1, 0.15) is 32.9 Å². The van der Waals surface area contributed by atoms with Crippen LogP contribution in [0.3, 0.4) is 0 Å². The van der Waals surface area contributed by atoms with Crippen molar-refractivity contribution in [1.29, 1.82) is 0 Å². The van der Waals surface area contributed by atoms with Crippen LogP contribution in [0, 0.1) is 20.8 Å². The van der Waals surface area contributed by atoms with Crippen molar-refractivity contribution in [2.75, 3.05) is 11.8 Å². The smallest absolute Gasteiger partial charge is 0.339 e. The zero-order valence-electron chi connectivity index (χ0n) is 17.1. The predicted molar refractivity (Wildman–Crippen MR) is 110 cm³/mol. The highest BCUT2D eigenvalue weighted by molar-refractivity contribution is 7.92. The number of ether oxygens (including phenoxy) is 2. The van der Waals surface area contributed by atoms with Crippen molar-refractivity contribution in [1.82, 2.24) is 4.98 Å². The largest absolute Gasteiger partial charge is 0.485 e. The molecule has 2 heterocycles. The Labute approximate surface area is 174 Å². The number of hydrogen-bond donors (Lipinski definition) is 1. The van der Waals surface area contributed by atoms with Gasteiger partial charge in [-0.3, -0.25) is 9.71 Å². The molecule has 2 aromatic heterocycles. The number of carbonyl (C=O) groups excluding carboxylic acids is 1. The van der Waals surface area contributed by atoms with Gasteiger partial charge in [0.1, 0.15) is 18.1 Å². The molecule has 0 amide bonds. The summed E-state index contributed by atoms with van der Waals surface area (Å²) in [6.07, 6.45) is 1.40. The average Bonchev–Trinajstić information content (AvgIpc) is 3.16. The summed E-state index contributed by atoms with van der Waals surface area (Å²) < 4.78 is 43.6. The molecule has 0 atom stereocenters. The summed E-state index contributed by atoms with van der Waals surface area (Å²) in [6, 6.07) is 9.65. The molecule has 8 nitrogen and oxygen atoms in total. The van der Waals surface area contributed by atoms with E-state index in [0.29, 0.717) is 28.5 Å². The lowest BCUT2D eigenvalue weighted by molar-refractivity contribution is 0.0600. The number of anilines is 1. The fourth-order valence-electron chi connectivity index (χ4n) is 2.64. The minimum atomic E-state index is -3.91. The highest BCUT2D eigenvalue weighted by Crippen LogP contribution is 2.31. The van der Waals surface area contributed by atoms with Crippen LogP contribution in [0.5, 0.6) is 5.75 Å². The van der Waals surface area contributed by atoms with E-state index in [4.69, 9.17) is 9.15 Å². The predicted octanol–water partition coefficient (Wildman–Crippen LogP) is 3.77. The Balaban J connectivity index is 1.82. The molecule has 3 rings (SSSR count). The molecule has 9 heteroatoms. The number of carbonyl (C=O) groups is 1. The molecule has 0 fully saturated rings. The topological polar surface area (TPSA) is 108 Å². The normalized spacial score (nSPS) is 11.2. The molecule has 0 spiro atoms. The van der Waals surface area contributed by atoms with Gasteiger partial charge in [-0.2, -0.15) is 8.42 Å². The summed E-state index contributed by atoms with van der Waals surface area (Å²) in [5, 5.41) is -0.177. The van der Waals surface area contributed by atoms with Crippen LogP contribution >= 0.6 is 0 Å². The number of sulfonamides is 1. The van der Waals surface area contributed by atoms with Gasteiger partial charge in [0.15, 0.2) is 0 Å². The van der Waals surface area contributed by atoms with Gasteiger partial charge in [0.2, 0.25) is 5.09 Å². The number of rotatable bonds is 7. The molecular formula is C21H22N2O6S. The van der Waals surface area contributed by atoms with Gasteiger partial charge in [-0.15, -0.1) is 0 Å². The Kier molecular flexibility index (Phi) is 6.12. The minimum Gasteiger partial charge on any atom is -0.485 e. The van der Waals surface area contributed by atoms with Crippen LogP contribution in [0.15, 0.2) is 52.1 Å². The number of furan rings is 1. The quantitative estimate of drug-likeness (QED) is 0.569. The molecular weight excluding hydrogens is 408 g/mol. The fourth-order valence-corrected chi connectivity index (χ4v) is 3.68. The molecule has 0 saturated carbocycles. The second-order valence-electron chi connectivity index (χ2n) is 6.72. The number of hydrogen-bond acceptors (Lipinski definition) is 7. The number of benzene rings is 1. The van der Waals surface area contributed by atoms with E-state index in [-0.39, 0.29) is 11.7 Å². The van der Waals surface area contributed by atoms with Gasteiger partial charge in [-0.05, 0) is 68.3 Å². The van der Waals surface area contributed by atoms with Gasteiger partial charge in [0.25, 0.3) is 10.0 Å². The summed E-state index contributed by atoms with van der Waals surface area (Å²) in [5.41, 5.74) is 3.02. The molecule has 0 saturated heterocycles. The number of aryl methyl sites for hydroxylation is 3. The molecule has 1 aromatic carbocycles. The first-order valence-electron chi connectivity index (χ1n) is 9.06. The van der Waals surface area contributed by atoms with E-state index in [2.05, 4.69) is 14.4 Å². The van der Waals surface area contributed by atoms with Gasteiger partial charge in [0.05, 0.1) is 24.1 Å². The van der Waals surface area contributed by atoms with E-state index in [1.54, 1.807) is 37.3 Å². The van der Waals surface area contributed by atoms with Crippen molar-refractivity contribution in [3.63, 3.8) is 0 Å². The molecule has 0 aliphatic carbocycles. The van der Waals surface area contributed by atoms with Gasteiger partial charge >= 0.3 is 5.97 Å². The van der Waals surface area contributed by atoms with E-state index in [9.17, 15) is 13.2 Å². The third-order valence-corrected chi connectivity index (χ3v) is 5.68. The number of methoxy groups -OCH3 is 1. The number of esters is 1. The van der Waals surface area contributed by atoms with Crippen LogP contribution < -0.4 is 9.46 Å². The zero-order chi connectivity index (χ0) is 21.9. The highest BCUT2D eigenvalue weighted by Gasteiger charge is 2.21. The van der Waals surface area contributed by atoms with Crippen LogP contribution in [-0.4, -0.2) is 26.5 Å². The van der Waals surface area contributed by atoms with Crippen molar-refractivity contribution in [2.24, 2.45) is 0 Å². The second kappa shape index (κ2) is 8.58. The third-order valence-electron chi connectivity index (χ3n) is 4.44. The molecule has 0 aliphatic heterocycles. The van der Waals surface area contributed by atoms with E-state index in [0.717, 1.165) is 11.1 Å². The molecule has 0 aliphatic rings. The van der Waals surface area contributed by atoms with Crippen molar-refractivity contribution < 1.29 is 27.1 Å². The average molecular weight is 430 g/mol. The maximum absolute atomic E-state index is 12.7. The van der Waals surface area contributed by atoms with Crippen LogP contribution in [0.2, 0.25) is 0 Å². The Morgan fingerprint density at radius 3 is 2.43 bits per heavy atom. The molecule has 0 unspecified atom stereocenters. The Morgan fingerprint density at radius 2 is 1.83 bits per heavy atom. The number of aromatic nitrogens is 1. The first-order valence-corrected chi connectivity index (χ1v) is 10.5. The summed E-state index contributed by atoms with van der Waals surface area (Å²) in [6.45, 7) is 5.53. The number of nitrogens with zero attached hydrogens (tertiary/aromatic N) is 1. The van der Waals surface area contributed by atoms with Gasteiger partial charge in [-0.25, -0.2) is 4.79 Å². The lowest BCUT2D eigenvalue weighted by Crippen LogP contribution is -2.14. The Hall–Kier alpha value is -3.33. The monoisotopic (exact) mass is 430 g/mol. The molecule has 3 aromatic rings. The summed E-state index contributed by atoms with van der Waals surface area (Å²) in [5.74, 6) is 0.367. The van der Waals surface area contributed by atoms with E-state index in [1.807, 2.05) is 13.8 Å². The van der Waals surface area contributed by atoms with Crippen LogP contribution in [-0.2, 0) is 21.4 Å². The molecule has 0 bridgehead atoms. The lowest BCUT2D eigenvalue weighted by Gasteiger charge is -2.15. The lowest BCUT2D eigenvalue weighted by atomic mass is 10.1. The molecule has 158 valence electrons. The fraction of sp³-hybridized carbons (Fsp3) is 0.238. The van der Waals surface area contributed by atoms with Crippen LogP contribution in [0.4, 0.5) is 5.69 Å². The molecule has 1 N–H and O–H groups in total. The first kappa shape index (κ1) is 21.4. The molecule has 0 radical (unpaired) electrons. The maximum Gasteiger partial charge on any atom is 0.339 e. The van der Waals surface area contributed by atoms with Gasteiger partial charge in [-0.1, -0.05) is 0 Å². The van der Waals surface area contributed by atoms with Crippen molar-refractivity contribution in [3.05, 3.63) is 70.7 Å². The number of pyridine rings is 1. The van der Waals surface area contributed by atoms with E-state index in [1.165, 1.54) is 19.4 Å². The highest BCUT2D eigenvalue weighted by atomic mass is 32.2. The summed E-state index contributed by atoms with van der Waals surface area (Å²) in [4.78, 5) is 15.7. The molecule has 30 heavy (non-hydrogen) atoms. The minimum absolute atomic E-state index is 0.0819. The number of nitrogens with one attached hydrogen (secondary N) is 1. The summed E-state index contributed by atoms with van der Waals surface area (Å²) in [7, 11) is -2.61. The Morgan fingerprint density at radius 1 is 1.10 bits per heavy atom. The first-order chi connectivity index (χ1) is 14.2. The SMILES string of the molecule is COC(=O)c1ccc(COc2cc(C)c(C)cc2NS(=O)(=O)c2ccc(C)o2)nc1. The van der Waals surface area contributed by atoms with Crippen molar-refractivity contribution in [3.8, 4) is 5.75 Å². The Bertz CT molecular complexity index is 1170. The zero-order valence-corrected chi connectivity index (χ0v) is 17.9. The third kappa shape index (κ3) is 4.80. The van der Waals surface area contributed by atoms with Crippen molar-refractivity contribution >= 4 is 21.7 Å². The van der Waals surface area contributed by atoms with E-state index < -0.39 is 16.0 Å². The standard InChI is InChI=1S/C21H22N2O6S/c1-13-9-18(23-30(25,26)20-8-5-15(3)29-20)19(10-14(13)2)28-12-17-7-6-16(11-22-17)21(24)27-4/h5-11,23H,12H2,1-4H3. The maximum atomic E-state index is 12.7. The van der Waals surface area contributed by atoms with Gasteiger partial charge < -0.3 is 13.9 Å².